The highest BCUT2D eigenvalue weighted by Gasteiger charge is 2.07. The molecule has 13 heavy (non-hydrogen) atoms. The number of hydrogen-bond acceptors (Lipinski definition) is 2. The van der Waals surface area contributed by atoms with Gasteiger partial charge in [0.05, 0.1) is 5.56 Å². The molecule has 4 heteroatoms. The van der Waals surface area contributed by atoms with Crippen molar-refractivity contribution in [3.05, 3.63) is 28.0 Å². The second kappa shape index (κ2) is 4.37. The summed E-state index contributed by atoms with van der Waals surface area (Å²) in [7, 11) is 0. The highest BCUT2D eigenvalue weighted by Crippen LogP contribution is 2.14. The number of carbonyl (C=O) groups is 1. The van der Waals surface area contributed by atoms with Gasteiger partial charge in [-0.3, -0.25) is 4.79 Å². The normalized spacial score (nSPS) is 10.0. The van der Waals surface area contributed by atoms with Crippen LogP contribution in [0.25, 0.3) is 0 Å². The molecule has 0 bridgehead atoms. The SMILES string of the molecule is CCCc1ccc(C(N)=O)c(Br)n1. The van der Waals surface area contributed by atoms with E-state index in [2.05, 4.69) is 27.8 Å². The number of rotatable bonds is 3. The molecule has 2 N–H and O–H groups in total. The van der Waals surface area contributed by atoms with Crippen LogP contribution in [0.5, 0.6) is 0 Å². The number of halogens is 1. The van der Waals surface area contributed by atoms with Gasteiger partial charge in [-0.15, -0.1) is 0 Å². The Morgan fingerprint density at radius 3 is 2.77 bits per heavy atom. The minimum atomic E-state index is -0.456. The highest BCUT2D eigenvalue weighted by molar-refractivity contribution is 9.10. The van der Waals surface area contributed by atoms with Crippen molar-refractivity contribution >= 4 is 21.8 Å². The van der Waals surface area contributed by atoms with Gasteiger partial charge in [0.1, 0.15) is 4.60 Å². The zero-order chi connectivity index (χ0) is 9.84. The van der Waals surface area contributed by atoms with E-state index in [9.17, 15) is 4.79 Å². The van der Waals surface area contributed by atoms with Crippen LogP contribution in [0.3, 0.4) is 0 Å². The number of nitrogens with two attached hydrogens (primary N) is 1. The molecule has 0 aliphatic rings. The summed E-state index contributed by atoms with van der Waals surface area (Å²) >= 11 is 3.21. The van der Waals surface area contributed by atoms with Crippen LogP contribution in [0, 0.1) is 0 Å². The zero-order valence-electron chi connectivity index (χ0n) is 7.38. The number of aryl methyl sites for hydroxylation is 1. The standard InChI is InChI=1S/C9H11BrN2O/c1-2-3-6-4-5-7(9(11)13)8(10)12-6/h4-5H,2-3H2,1H3,(H2,11,13). The molecule has 70 valence electrons. The van der Waals surface area contributed by atoms with Crippen LogP contribution in [0.4, 0.5) is 0 Å². The van der Waals surface area contributed by atoms with Crippen molar-refractivity contribution in [2.24, 2.45) is 5.73 Å². The van der Waals surface area contributed by atoms with Crippen LogP contribution in [0.2, 0.25) is 0 Å². The van der Waals surface area contributed by atoms with E-state index in [1.54, 1.807) is 6.07 Å². The van der Waals surface area contributed by atoms with E-state index in [4.69, 9.17) is 5.73 Å². The summed E-state index contributed by atoms with van der Waals surface area (Å²) in [6.07, 6.45) is 1.95. The van der Waals surface area contributed by atoms with Crippen LogP contribution < -0.4 is 5.73 Å². The molecule has 0 atom stereocenters. The molecule has 0 radical (unpaired) electrons. The molecule has 0 spiro atoms. The lowest BCUT2D eigenvalue weighted by molar-refractivity contribution is 0.0999. The first-order valence-corrected chi connectivity index (χ1v) is 4.89. The van der Waals surface area contributed by atoms with E-state index in [-0.39, 0.29) is 0 Å². The molecule has 0 saturated carbocycles. The van der Waals surface area contributed by atoms with Crippen LogP contribution in [0.15, 0.2) is 16.7 Å². The second-order valence-corrected chi connectivity index (χ2v) is 3.51. The van der Waals surface area contributed by atoms with Crippen LogP contribution in [-0.4, -0.2) is 10.9 Å². The molecule has 3 nitrogen and oxygen atoms in total. The number of primary amides is 1. The van der Waals surface area contributed by atoms with Gasteiger partial charge in [-0.05, 0) is 34.5 Å². The van der Waals surface area contributed by atoms with Gasteiger partial charge >= 0.3 is 0 Å². The van der Waals surface area contributed by atoms with Crippen LogP contribution >= 0.6 is 15.9 Å². The number of aromatic nitrogens is 1. The molecule has 0 fully saturated rings. The molecule has 1 heterocycles. The molecule has 0 aliphatic heterocycles. The minimum absolute atomic E-state index is 0.430. The number of amides is 1. The fourth-order valence-electron chi connectivity index (χ4n) is 1.05. The lowest BCUT2D eigenvalue weighted by atomic mass is 10.2. The first-order valence-electron chi connectivity index (χ1n) is 4.10. The van der Waals surface area contributed by atoms with Crippen molar-refractivity contribution in [1.29, 1.82) is 0 Å². The summed E-state index contributed by atoms with van der Waals surface area (Å²) in [6, 6.07) is 3.53. The van der Waals surface area contributed by atoms with Gasteiger partial charge in [0.2, 0.25) is 0 Å². The van der Waals surface area contributed by atoms with Crippen LogP contribution in [-0.2, 0) is 6.42 Å². The maximum Gasteiger partial charge on any atom is 0.251 e. The molecule has 1 rings (SSSR count). The molecule has 1 aromatic heterocycles. The van der Waals surface area contributed by atoms with E-state index in [0.717, 1.165) is 18.5 Å². The Balaban J connectivity index is 2.98. The molecular formula is C9H11BrN2O. The zero-order valence-corrected chi connectivity index (χ0v) is 8.97. The molecule has 0 saturated heterocycles. The lowest BCUT2D eigenvalue weighted by Gasteiger charge is -2.02. The molecule has 0 aliphatic carbocycles. The van der Waals surface area contributed by atoms with Gasteiger partial charge in [-0.2, -0.15) is 0 Å². The quantitative estimate of drug-likeness (QED) is 0.824. The van der Waals surface area contributed by atoms with E-state index < -0.39 is 5.91 Å². The Kier molecular flexibility index (Phi) is 3.42. The Labute approximate surface area is 85.5 Å². The second-order valence-electron chi connectivity index (χ2n) is 2.76. The average Bonchev–Trinajstić information content (AvgIpc) is 2.04. The molecule has 0 unspecified atom stereocenters. The predicted molar refractivity (Wildman–Crippen MR) is 54.4 cm³/mol. The van der Waals surface area contributed by atoms with E-state index in [1.807, 2.05) is 6.07 Å². The summed E-state index contributed by atoms with van der Waals surface area (Å²) in [5, 5.41) is 0. The van der Waals surface area contributed by atoms with Gasteiger partial charge in [0.25, 0.3) is 5.91 Å². The third kappa shape index (κ3) is 2.52. The first-order chi connectivity index (χ1) is 6.15. The van der Waals surface area contributed by atoms with Gasteiger partial charge in [-0.1, -0.05) is 13.3 Å². The average molecular weight is 243 g/mol. The Morgan fingerprint density at radius 1 is 1.62 bits per heavy atom. The van der Waals surface area contributed by atoms with Crippen molar-refractivity contribution in [2.45, 2.75) is 19.8 Å². The summed E-state index contributed by atoms with van der Waals surface area (Å²) in [6.45, 7) is 2.08. The van der Waals surface area contributed by atoms with E-state index in [0.29, 0.717) is 10.2 Å². The van der Waals surface area contributed by atoms with Crippen molar-refractivity contribution in [3.8, 4) is 0 Å². The van der Waals surface area contributed by atoms with Crippen molar-refractivity contribution in [1.82, 2.24) is 4.98 Å². The highest BCUT2D eigenvalue weighted by atomic mass is 79.9. The summed E-state index contributed by atoms with van der Waals surface area (Å²) in [5.74, 6) is -0.456. The number of nitrogens with zero attached hydrogens (tertiary/aromatic N) is 1. The Morgan fingerprint density at radius 2 is 2.31 bits per heavy atom. The smallest absolute Gasteiger partial charge is 0.251 e. The maximum atomic E-state index is 10.8. The fraction of sp³-hybridized carbons (Fsp3) is 0.333. The molecular weight excluding hydrogens is 232 g/mol. The third-order valence-corrected chi connectivity index (χ3v) is 2.28. The van der Waals surface area contributed by atoms with Crippen molar-refractivity contribution in [2.75, 3.05) is 0 Å². The monoisotopic (exact) mass is 242 g/mol. The van der Waals surface area contributed by atoms with E-state index >= 15 is 0 Å². The fourth-order valence-corrected chi connectivity index (χ4v) is 1.61. The summed E-state index contributed by atoms with van der Waals surface area (Å²) in [5.41, 5.74) is 6.53. The van der Waals surface area contributed by atoms with Crippen molar-refractivity contribution < 1.29 is 4.79 Å². The topological polar surface area (TPSA) is 56.0 Å². The van der Waals surface area contributed by atoms with Gasteiger partial charge in [-0.25, -0.2) is 4.98 Å². The maximum absolute atomic E-state index is 10.8. The largest absolute Gasteiger partial charge is 0.366 e. The number of carbonyl (C=O) groups excluding carboxylic acids is 1. The summed E-state index contributed by atoms with van der Waals surface area (Å²) in [4.78, 5) is 15.0. The molecule has 0 aromatic carbocycles. The van der Waals surface area contributed by atoms with Gasteiger partial charge in [0, 0.05) is 5.69 Å². The lowest BCUT2D eigenvalue weighted by Crippen LogP contribution is -2.12. The summed E-state index contributed by atoms with van der Waals surface area (Å²) < 4.78 is 0.533. The number of pyridine rings is 1. The number of hydrogen-bond donors (Lipinski definition) is 1. The Hall–Kier alpha value is -0.900. The van der Waals surface area contributed by atoms with Gasteiger partial charge in [0.15, 0.2) is 0 Å². The van der Waals surface area contributed by atoms with E-state index in [1.165, 1.54) is 0 Å². The molecule has 1 amide bonds. The Bertz CT molecular complexity index is 325. The first kappa shape index (κ1) is 10.2. The third-order valence-electron chi connectivity index (χ3n) is 1.68. The van der Waals surface area contributed by atoms with Crippen LogP contribution in [0.1, 0.15) is 29.4 Å². The predicted octanol–water partition coefficient (Wildman–Crippen LogP) is 1.90. The molecule has 1 aromatic rings. The van der Waals surface area contributed by atoms with Crippen molar-refractivity contribution in [3.63, 3.8) is 0 Å². The van der Waals surface area contributed by atoms with Gasteiger partial charge < -0.3 is 5.73 Å². The minimum Gasteiger partial charge on any atom is -0.366 e.